The van der Waals surface area contributed by atoms with E-state index in [1.807, 2.05) is 12.1 Å². The Kier molecular flexibility index (Phi) is 7.09. The van der Waals surface area contributed by atoms with Gasteiger partial charge >= 0.3 is 0 Å². The summed E-state index contributed by atoms with van der Waals surface area (Å²) < 4.78 is 32.4. The van der Waals surface area contributed by atoms with Crippen molar-refractivity contribution in [2.24, 2.45) is 10.9 Å². The van der Waals surface area contributed by atoms with E-state index in [0.717, 1.165) is 57.0 Å². The minimum atomic E-state index is -3.37. The van der Waals surface area contributed by atoms with E-state index < -0.39 is 10.0 Å². The van der Waals surface area contributed by atoms with Crippen LogP contribution in [0.1, 0.15) is 31.2 Å². The zero-order chi connectivity index (χ0) is 19.1. The highest BCUT2D eigenvalue weighted by Gasteiger charge is 2.25. The highest BCUT2D eigenvalue weighted by atomic mass is 32.2. The van der Waals surface area contributed by atoms with Crippen molar-refractivity contribution < 1.29 is 13.2 Å². The normalized spacial score (nSPS) is 22.0. The number of piperidine rings is 1. The first-order valence-corrected chi connectivity index (χ1v) is 11.1. The Morgan fingerprint density at radius 3 is 2.56 bits per heavy atom. The van der Waals surface area contributed by atoms with Gasteiger partial charge in [0.1, 0.15) is 0 Å². The average Bonchev–Trinajstić information content (AvgIpc) is 3.23. The summed E-state index contributed by atoms with van der Waals surface area (Å²) in [6, 6.07) is 7.13. The predicted molar refractivity (Wildman–Crippen MR) is 106 cm³/mol. The molecule has 2 heterocycles. The molecule has 2 saturated heterocycles. The maximum absolute atomic E-state index is 12.7. The van der Waals surface area contributed by atoms with Crippen LogP contribution >= 0.6 is 0 Å². The van der Waals surface area contributed by atoms with E-state index in [2.05, 4.69) is 15.6 Å². The van der Waals surface area contributed by atoms with Gasteiger partial charge in [-0.1, -0.05) is 18.6 Å². The summed E-state index contributed by atoms with van der Waals surface area (Å²) in [4.78, 5) is 4.61. The van der Waals surface area contributed by atoms with Crippen LogP contribution < -0.4 is 10.6 Å². The second kappa shape index (κ2) is 9.52. The van der Waals surface area contributed by atoms with Crippen LogP contribution in [0, 0.1) is 5.92 Å². The molecule has 0 spiro atoms. The van der Waals surface area contributed by atoms with Crippen molar-refractivity contribution in [3.8, 4) is 0 Å². The summed E-state index contributed by atoms with van der Waals surface area (Å²) in [7, 11) is -1.62. The van der Waals surface area contributed by atoms with Gasteiger partial charge in [-0.3, -0.25) is 4.99 Å². The molecule has 1 aromatic carbocycles. The molecule has 0 amide bonds. The Morgan fingerprint density at radius 1 is 1.19 bits per heavy atom. The van der Waals surface area contributed by atoms with Gasteiger partial charge in [0.2, 0.25) is 10.0 Å². The Labute approximate surface area is 162 Å². The molecular weight excluding hydrogens is 364 g/mol. The van der Waals surface area contributed by atoms with E-state index in [1.165, 1.54) is 0 Å². The fraction of sp³-hybridized carbons (Fsp3) is 0.632. The molecule has 0 radical (unpaired) electrons. The molecule has 0 bridgehead atoms. The molecule has 3 rings (SSSR count). The Hall–Kier alpha value is -1.64. The van der Waals surface area contributed by atoms with E-state index in [1.54, 1.807) is 23.5 Å². The van der Waals surface area contributed by atoms with Crippen LogP contribution in [0.5, 0.6) is 0 Å². The van der Waals surface area contributed by atoms with Crippen molar-refractivity contribution in [1.82, 2.24) is 14.9 Å². The SMILES string of the molecule is CN=C(NCc1ccc(S(=O)(=O)N2CCCCC2)cc1)NCC1CCOC1. The van der Waals surface area contributed by atoms with Crippen LogP contribution in [-0.4, -0.2) is 58.6 Å². The molecule has 27 heavy (non-hydrogen) atoms. The highest BCUT2D eigenvalue weighted by molar-refractivity contribution is 7.89. The van der Waals surface area contributed by atoms with Crippen LogP contribution in [0.15, 0.2) is 34.2 Å². The lowest BCUT2D eigenvalue weighted by Gasteiger charge is -2.25. The van der Waals surface area contributed by atoms with Gasteiger partial charge in [-0.15, -0.1) is 0 Å². The van der Waals surface area contributed by atoms with E-state index in [0.29, 0.717) is 30.4 Å². The molecule has 1 unspecified atom stereocenters. The number of hydrogen-bond donors (Lipinski definition) is 2. The number of benzene rings is 1. The number of sulfonamides is 1. The van der Waals surface area contributed by atoms with Crippen molar-refractivity contribution in [1.29, 1.82) is 0 Å². The summed E-state index contributed by atoms with van der Waals surface area (Å²) in [6.07, 6.45) is 4.08. The van der Waals surface area contributed by atoms with Crippen molar-refractivity contribution >= 4 is 16.0 Å². The molecule has 2 aliphatic heterocycles. The third-order valence-electron chi connectivity index (χ3n) is 5.14. The van der Waals surface area contributed by atoms with Crippen molar-refractivity contribution in [2.45, 2.75) is 37.1 Å². The fourth-order valence-electron chi connectivity index (χ4n) is 3.43. The quantitative estimate of drug-likeness (QED) is 0.565. The smallest absolute Gasteiger partial charge is 0.243 e. The van der Waals surface area contributed by atoms with Crippen molar-refractivity contribution in [2.75, 3.05) is 39.9 Å². The number of hydrogen-bond acceptors (Lipinski definition) is 4. The van der Waals surface area contributed by atoms with E-state index in [9.17, 15) is 8.42 Å². The number of rotatable bonds is 6. The third-order valence-corrected chi connectivity index (χ3v) is 7.05. The summed E-state index contributed by atoms with van der Waals surface area (Å²) in [5, 5.41) is 6.59. The molecule has 1 aromatic rings. The van der Waals surface area contributed by atoms with Gasteiger partial charge in [-0.2, -0.15) is 4.31 Å². The summed E-state index contributed by atoms with van der Waals surface area (Å²) >= 11 is 0. The lowest BCUT2D eigenvalue weighted by atomic mass is 10.1. The van der Waals surface area contributed by atoms with Crippen LogP contribution in [-0.2, 0) is 21.3 Å². The van der Waals surface area contributed by atoms with E-state index in [4.69, 9.17) is 4.74 Å². The van der Waals surface area contributed by atoms with Crippen LogP contribution in [0.3, 0.4) is 0 Å². The van der Waals surface area contributed by atoms with Gasteiger partial charge in [-0.05, 0) is 37.0 Å². The molecule has 2 aliphatic rings. The van der Waals surface area contributed by atoms with E-state index >= 15 is 0 Å². The molecule has 7 nitrogen and oxygen atoms in total. The molecule has 0 saturated carbocycles. The minimum Gasteiger partial charge on any atom is -0.381 e. The number of aliphatic imine (C=N–C) groups is 1. The molecule has 150 valence electrons. The zero-order valence-electron chi connectivity index (χ0n) is 16.0. The Morgan fingerprint density at radius 2 is 1.93 bits per heavy atom. The average molecular weight is 395 g/mol. The second-order valence-electron chi connectivity index (χ2n) is 7.14. The number of nitrogens with zero attached hydrogens (tertiary/aromatic N) is 2. The van der Waals surface area contributed by atoms with Gasteiger partial charge in [0, 0.05) is 45.8 Å². The molecule has 2 N–H and O–H groups in total. The van der Waals surface area contributed by atoms with Gasteiger partial charge < -0.3 is 15.4 Å². The highest BCUT2D eigenvalue weighted by Crippen LogP contribution is 2.20. The topological polar surface area (TPSA) is 83.0 Å². The van der Waals surface area contributed by atoms with Crippen LogP contribution in [0.25, 0.3) is 0 Å². The summed E-state index contributed by atoms with van der Waals surface area (Å²) in [5.74, 6) is 1.27. The molecule has 8 heteroatoms. The maximum atomic E-state index is 12.7. The molecule has 0 aromatic heterocycles. The summed E-state index contributed by atoms with van der Waals surface area (Å²) in [5.41, 5.74) is 1.01. The molecule has 1 atom stereocenters. The summed E-state index contributed by atoms with van der Waals surface area (Å²) in [6.45, 7) is 4.32. The van der Waals surface area contributed by atoms with Gasteiger partial charge in [0.15, 0.2) is 5.96 Å². The van der Waals surface area contributed by atoms with Gasteiger partial charge in [0.25, 0.3) is 0 Å². The molecular formula is C19H30N4O3S. The first-order chi connectivity index (χ1) is 13.1. The van der Waals surface area contributed by atoms with Gasteiger partial charge in [-0.25, -0.2) is 8.42 Å². The standard InChI is InChI=1S/C19H30N4O3S/c1-20-19(22-14-17-9-12-26-15-17)21-13-16-5-7-18(8-6-16)27(24,25)23-10-3-2-4-11-23/h5-8,17H,2-4,9-15H2,1H3,(H2,20,21,22). The second-order valence-corrected chi connectivity index (χ2v) is 9.08. The minimum absolute atomic E-state index is 0.372. The van der Waals surface area contributed by atoms with Crippen molar-refractivity contribution in [3.05, 3.63) is 29.8 Å². The Balaban J connectivity index is 1.52. The molecule has 0 aliphatic carbocycles. The van der Waals surface area contributed by atoms with Crippen LogP contribution in [0.2, 0.25) is 0 Å². The van der Waals surface area contributed by atoms with Crippen LogP contribution in [0.4, 0.5) is 0 Å². The zero-order valence-corrected chi connectivity index (χ0v) is 16.8. The lowest BCUT2D eigenvalue weighted by molar-refractivity contribution is 0.186. The monoisotopic (exact) mass is 394 g/mol. The lowest BCUT2D eigenvalue weighted by Crippen LogP contribution is -2.39. The van der Waals surface area contributed by atoms with E-state index in [-0.39, 0.29) is 0 Å². The third kappa shape index (κ3) is 5.43. The Bertz CT molecular complexity index is 722. The largest absolute Gasteiger partial charge is 0.381 e. The fourth-order valence-corrected chi connectivity index (χ4v) is 4.94. The number of guanidine groups is 1. The first-order valence-electron chi connectivity index (χ1n) is 9.71. The number of ether oxygens (including phenoxy) is 1. The predicted octanol–water partition coefficient (Wildman–Crippen LogP) is 1.56. The first kappa shape index (κ1) is 20.1. The van der Waals surface area contributed by atoms with Crippen molar-refractivity contribution in [3.63, 3.8) is 0 Å². The number of nitrogens with one attached hydrogen (secondary N) is 2. The van der Waals surface area contributed by atoms with Gasteiger partial charge in [0.05, 0.1) is 11.5 Å². The maximum Gasteiger partial charge on any atom is 0.243 e. The molecule has 2 fully saturated rings.